The number of nitrogens with zero attached hydrogens (tertiary/aromatic N) is 1. The van der Waals surface area contributed by atoms with Crippen LogP contribution in [0.5, 0.6) is 0 Å². The van der Waals surface area contributed by atoms with Crippen molar-refractivity contribution in [1.29, 1.82) is 5.26 Å². The Bertz CT molecular complexity index is 649. The average Bonchev–Trinajstić information content (AvgIpc) is 2.33. The smallest absolute Gasteiger partial charge is 0.246 e. The molecule has 2 N–H and O–H groups in total. The molecule has 0 bridgehead atoms. The lowest BCUT2D eigenvalue weighted by Gasteiger charge is -2.08. The Morgan fingerprint density at radius 1 is 1.42 bits per heavy atom. The number of hydrogen-bond acceptors (Lipinski definition) is 4. The highest BCUT2D eigenvalue weighted by Gasteiger charge is 2.11. The zero-order chi connectivity index (χ0) is 14.3. The van der Waals surface area contributed by atoms with Gasteiger partial charge in [0.2, 0.25) is 10.0 Å². The fourth-order valence-corrected chi connectivity index (χ4v) is 2.12. The summed E-state index contributed by atoms with van der Waals surface area (Å²) in [6.45, 7) is 1.75. The molecule has 100 valence electrons. The number of aryl methyl sites for hydroxylation is 1. The van der Waals surface area contributed by atoms with Gasteiger partial charge in [-0.3, -0.25) is 4.72 Å². The van der Waals surface area contributed by atoms with Crippen molar-refractivity contribution in [2.24, 2.45) is 0 Å². The number of aliphatic hydroxyl groups is 1. The Morgan fingerprint density at radius 2 is 2.16 bits per heavy atom. The highest BCUT2D eigenvalue weighted by molar-refractivity contribution is 7.92. The van der Waals surface area contributed by atoms with Crippen molar-refractivity contribution in [1.82, 2.24) is 0 Å². The second-order valence-corrected chi connectivity index (χ2v) is 5.55. The van der Waals surface area contributed by atoms with E-state index in [4.69, 9.17) is 10.4 Å². The van der Waals surface area contributed by atoms with Crippen LogP contribution >= 0.6 is 0 Å². The third-order valence-electron chi connectivity index (χ3n) is 2.23. The van der Waals surface area contributed by atoms with Crippen LogP contribution in [0.25, 0.3) is 0 Å². The van der Waals surface area contributed by atoms with E-state index < -0.39 is 15.8 Å². The molecule has 0 atom stereocenters. The quantitative estimate of drug-likeness (QED) is 0.804. The second kappa shape index (κ2) is 6.79. The molecule has 0 saturated carbocycles. The zero-order valence-corrected chi connectivity index (χ0v) is 11.3. The molecular formula is C13H14N2O3S. The Kier molecular flexibility index (Phi) is 5.37. The number of anilines is 1. The van der Waals surface area contributed by atoms with Crippen LogP contribution < -0.4 is 4.72 Å². The lowest BCUT2D eigenvalue weighted by atomic mass is 10.1. The van der Waals surface area contributed by atoms with Crippen molar-refractivity contribution < 1.29 is 13.5 Å². The van der Waals surface area contributed by atoms with Gasteiger partial charge in [-0.2, -0.15) is 5.26 Å². The molecule has 0 fully saturated rings. The molecule has 1 rings (SSSR count). The summed E-state index contributed by atoms with van der Waals surface area (Å²) in [5, 5.41) is 17.1. The maximum Gasteiger partial charge on any atom is 0.246 e. The van der Waals surface area contributed by atoms with Gasteiger partial charge in [-0.15, -0.1) is 0 Å². The summed E-state index contributed by atoms with van der Waals surface area (Å²) >= 11 is 0. The lowest BCUT2D eigenvalue weighted by Crippen LogP contribution is -2.16. The van der Waals surface area contributed by atoms with Crippen LogP contribution in [0.3, 0.4) is 0 Å². The third-order valence-corrected chi connectivity index (χ3v) is 3.27. The van der Waals surface area contributed by atoms with Crippen molar-refractivity contribution in [2.45, 2.75) is 13.3 Å². The summed E-state index contributed by atoms with van der Waals surface area (Å²) < 4.78 is 25.4. The van der Waals surface area contributed by atoms with Crippen LogP contribution in [0, 0.1) is 30.1 Å². The Morgan fingerprint density at radius 3 is 2.79 bits per heavy atom. The summed E-state index contributed by atoms with van der Waals surface area (Å²) in [5.74, 6) is 4.99. The fourth-order valence-electron chi connectivity index (χ4n) is 1.32. The van der Waals surface area contributed by atoms with Gasteiger partial charge in [-0.25, -0.2) is 8.42 Å². The predicted octanol–water partition coefficient (Wildman–Crippen LogP) is 0.994. The van der Waals surface area contributed by atoms with Gasteiger partial charge < -0.3 is 5.11 Å². The van der Waals surface area contributed by atoms with E-state index in [1.165, 1.54) is 0 Å². The van der Waals surface area contributed by atoms with Gasteiger partial charge >= 0.3 is 0 Å². The molecule has 6 heteroatoms. The van der Waals surface area contributed by atoms with Gasteiger partial charge in [-0.05, 0) is 24.6 Å². The van der Waals surface area contributed by atoms with E-state index in [1.54, 1.807) is 31.2 Å². The molecule has 1 aromatic carbocycles. The molecule has 5 nitrogen and oxygen atoms in total. The van der Waals surface area contributed by atoms with Crippen LogP contribution in [0.2, 0.25) is 0 Å². The van der Waals surface area contributed by atoms with Crippen LogP contribution in [0.1, 0.15) is 17.5 Å². The maximum absolute atomic E-state index is 11.5. The number of aliphatic hydroxyl groups excluding tert-OH is 1. The molecule has 1 aromatic rings. The summed E-state index contributed by atoms with van der Waals surface area (Å²) in [6.07, 6.45) is 0.364. The Balaban J connectivity index is 3.00. The van der Waals surface area contributed by atoms with Gasteiger partial charge in [-0.1, -0.05) is 17.9 Å². The first-order chi connectivity index (χ1) is 8.98. The molecule has 0 aliphatic carbocycles. The monoisotopic (exact) mass is 278 g/mol. The minimum atomic E-state index is -3.65. The van der Waals surface area contributed by atoms with Crippen molar-refractivity contribution in [3.05, 3.63) is 29.3 Å². The highest BCUT2D eigenvalue weighted by atomic mass is 32.2. The predicted molar refractivity (Wildman–Crippen MR) is 72.8 cm³/mol. The summed E-state index contributed by atoms with van der Waals surface area (Å²) in [5.41, 5.74) is 1.80. The molecule has 0 saturated heterocycles. The molecule has 19 heavy (non-hydrogen) atoms. The van der Waals surface area contributed by atoms with E-state index in [0.717, 1.165) is 5.56 Å². The average molecular weight is 278 g/mol. The molecule has 0 spiro atoms. The third kappa shape index (κ3) is 5.01. The van der Waals surface area contributed by atoms with E-state index in [0.29, 0.717) is 17.7 Å². The van der Waals surface area contributed by atoms with Crippen LogP contribution in [0.4, 0.5) is 5.69 Å². The van der Waals surface area contributed by atoms with Crippen molar-refractivity contribution in [3.8, 4) is 17.9 Å². The number of hydrogen-bond donors (Lipinski definition) is 2. The highest BCUT2D eigenvalue weighted by Crippen LogP contribution is 2.17. The number of nitrogens with one attached hydrogen (secondary N) is 1. The first-order valence-electron chi connectivity index (χ1n) is 5.56. The van der Waals surface area contributed by atoms with E-state index in [9.17, 15) is 8.42 Å². The first kappa shape index (κ1) is 15.0. The van der Waals surface area contributed by atoms with Crippen molar-refractivity contribution in [3.63, 3.8) is 0 Å². The second-order valence-electron chi connectivity index (χ2n) is 3.82. The number of benzene rings is 1. The topological polar surface area (TPSA) is 90.2 Å². The molecule has 0 radical (unpaired) electrons. The molecule has 0 unspecified atom stereocenters. The van der Waals surface area contributed by atoms with Gasteiger partial charge in [0.05, 0.1) is 18.4 Å². The molecule has 0 heterocycles. The minimum absolute atomic E-state index is 0.0134. The Hall–Kier alpha value is -2.02. The normalized spacial score (nSPS) is 10.2. The summed E-state index contributed by atoms with van der Waals surface area (Å²) in [7, 11) is -3.65. The molecule has 0 aromatic heterocycles. The van der Waals surface area contributed by atoms with E-state index in [1.807, 2.05) is 0 Å². The number of rotatable bonds is 4. The molecular weight excluding hydrogens is 264 g/mol. The van der Waals surface area contributed by atoms with E-state index in [-0.39, 0.29) is 6.61 Å². The van der Waals surface area contributed by atoms with Crippen LogP contribution in [-0.4, -0.2) is 25.9 Å². The SMILES string of the molecule is Cc1ccc(C#CCCO)cc1NS(=O)(=O)CC#N. The van der Waals surface area contributed by atoms with Crippen LogP contribution in [0.15, 0.2) is 18.2 Å². The Labute approximate surface area is 112 Å². The van der Waals surface area contributed by atoms with Gasteiger partial charge in [0.25, 0.3) is 0 Å². The van der Waals surface area contributed by atoms with E-state index >= 15 is 0 Å². The molecule has 0 amide bonds. The lowest BCUT2D eigenvalue weighted by molar-refractivity contribution is 0.305. The van der Waals surface area contributed by atoms with Gasteiger partial charge in [0.15, 0.2) is 5.75 Å². The molecule has 0 aliphatic rings. The van der Waals surface area contributed by atoms with Crippen LogP contribution in [-0.2, 0) is 10.0 Å². The number of nitriles is 1. The fraction of sp³-hybridized carbons (Fsp3) is 0.308. The van der Waals surface area contributed by atoms with Crippen molar-refractivity contribution >= 4 is 15.7 Å². The largest absolute Gasteiger partial charge is 0.395 e. The maximum atomic E-state index is 11.5. The standard InChI is InChI=1S/C13H14N2O3S/c1-11-5-6-12(4-2-3-8-16)10-13(11)15-19(17,18)9-7-14/h5-6,10,15-16H,3,8-9H2,1H3. The molecule has 0 aliphatic heterocycles. The summed E-state index contributed by atoms with van der Waals surface area (Å²) in [4.78, 5) is 0. The summed E-state index contributed by atoms with van der Waals surface area (Å²) in [6, 6.07) is 6.71. The van der Waals surface area contributed by atoms with Gasteiger partial charge in [0.1, 0.15) is 0 Å². The van der Waals surface area contributed by atoms with Crippen molar-refractivity contribution in [2.75, 3.05) is 17.1 Å². The zero-order valence-electron chi connectivity index (χ0n) is 10.5. The van der Waals surface area contributed by atoms with Gasteiger partial charge in [0, 0.05) is 12.0 Å². The number of sulfonamides is 1. The first-order valence-corrected chi connectivity index (χ1v) is 7.21. The van der Waals surface area contributed by atoms with E-state index in [2.05, 4.69) is 16.6 Å². The minimum Gasteiger partial charge on any atom is -0.395 e.